The Labute approximate surface area is 37.6 Å². The molecule has 0 spiro atoms. The second-order valence-electron chi connectivity index (χ2n) is 0.981. The fourth-order valence-corrected chi connectivity index (χ4v) is 0.0680. The van der Waals surface area contributed by atoms with Crippen LogP contribution in [0.25, 0.3) is 0 Å². The van der Waals surface area contributed by atoms with Gasteiger partial charge in [-0.05, 0) is 6.92 Å². The number of ether oxygens (including phenoxy) is 1. The minimum absolute atomic E-state index is 0.745. The smallest absolute Gasteiger partial charge is 0.108 e. The van der Waals surface area contributed by atoms with E-state index in [0.717, 1.165) is 5.76 Å². The van der Waals surface area contributed by atoms with E-state index in [0.29, 0.717) is 0 Å². The molecule has 2 nitrogen and oxygen atoms in total. The first kappa shape index (κ1) is 5.34. The first-order valence-corrected chi connectivity index (χ1v) is 1.73. The van der Waals surface area contributed by atoms with Gasteiger partial charge in [-0.25, -0.2) is 0 Å². The van der Waals surface area contributed by atoms with E-state index < -0.39 is 0 Å². The Kier molecular flexibility index (Phi) is 2.29. The Morgan fingerprint density at radius 2 is 2.33 bits per heavy atom. The molecule has 0 aromatic rings. The molecule has 0 rings (SSSR count). The fraction of sp³-hybridized carbons (Fsp3) is 0.500. The summed E-state index contributed by atoms with van der Waals surface area (Å²) in [6.07, 6.45) is 1.42. The van der Waals surface area contributed by atoms with E-state index in [-0.39, 0.29) is 0 Å². The van der Waals surface area contributed by atoms with Gasteiger partial charge in [0.1, 0.15) is 5.76 Å². The van der Waals surface area contributed by atoms with E-state index in [4.69, 9.17) is 5.73 Å². The highest BCUT2D eigenvalue weighted by Crippen LogP contribution is 1.84. The third-order valence-electron chi connectivity index (χ3n) is 0.557. The number of hydrogen-bond donors (Lipinski definition) is 1. The molecular formula is C4H9NO. The highest BCUT2D eigenvalue weighted by atomic mass is 16.5. The first-order valence-electron chi connectivity index (χ1n) is 1.73. The summed E-state index contributed by atoms with van der Waals surface area (Å²) in [4.78, 5) is 0. The molecule has 0 aliphatic carbocycles. The molecule has 2 heteroatoms. The second kappa shape index (κ2) is 2.57. The van der Waals surface area contributed by atoms with E-state index in [1.807, 2.05) is 0 Å². The van der Waals surface area contributed by atoms with E-state index in [1.165, 1.54) is 6.20 Å². The lowest BCUT2D eigenvalue weighted by Gasteiger charge is -1.91. The van der Waals surface area contributed by atoms with Gasteiger partial charge in [0, 0.05) is 6.20 Å². The summed E-state index contributed by atoms with van der Waals surface area (Å²) >= 11 is 0. The van der Waals surface area contributed by atoms with Gasteiger partial charge < -0.3 is 10.5 Å². The van der Waals surface area contributed by atoms with Crippen molar-refractivity contribution in [3.05, 3.63) is 12.0 Å². The van der Waals surface area contributed by atoms with Crippen LogP contribution in [0, 0.1) is 0 Å². The zero-order chi connectivity index (χ0) is 4.99. The quantitative estimate of drug-likeness (QED) is 0.471. The lowest BCUT2D eigenvalue weighted by atomic mass is 10.6. The number of allylic oxidation sites excluding steroid dienone is 1. The molecule has 0 aromatic heterocycles. The largest absolute Gasteiger partial charge is 0.500 e. The van der Waals surface area contributed by atoms with Crippen molar-refractivity contribution < 1.29 is 4.74 Å². The summed E-state index contributed by atoms with van der Waals surface area (Å²) in [7, 11) is 1.58. The van der Waals surface area contributed by atoms with Gasteiger partial charge in [-0.1, -0.05) is 0 Å². The third-order valence-corrected chi connectivity index (χ3v) is 0.557. The zero-order valence-electron chi connectivity index (χ0n) is 4.06. The Hall–Kier alpha value is -0.660. The monoisotopic (exact) mass is 87.1 g/mol. The molecule has 0 unspecified atom stereocenters. The standard InChI is InChI=1S/C4H9NO/c1-4(3-5)6-2/h3H,5H2,1-2H3/b4-3+. The highest BCUT2D eigenvalue weighted by molar-refractivity contribution is 4.81. The molecule has 0 aliphatic heterocycles. The zero-order valence-corrected chi connectivity index (χ0v) is 4.06. The SMILES string of the molecule is CO/C(C)=C/N. The normalized spacial score (nSPS) is 11.3. The molecule has 36 valence electrons. The molecular weight excluding hydrogens is 78.0 g/mol. The van der Waals surface area contributed by atoms with E-state index >= 15 is 0 Å². The van der Waals surface area contributed by atoms with Gasteiger partial charge in [-0.3, -0.25) is 0 Å². The topological polar surface area (TPSA) is 35.2 Å². The summed E-state index contributed by atoms with van der Waals surface area (Å²) in [5, 5.41) is 0. The minimum Gasteiger partial charge on any atom is -0.500 e. The van der Waals surface area contributed by atoms with Crippen molar-refractivity contribution in [2.45, 2.75) is 6.92 Å². The summed E-state index contributed by atoms with van der Waals surface area (Å²) in [5.41, 5.74) is 5.00. The molecule has 0 atom stereocenters. The summed E-state index contributed by atoms with van der Waals surface area (Å²) in [5.74, 6) is 0.745. The van der Waals surface area contributed by atoms with Crippen LogP contribution in [0.1, 0.15) is 6.92 Å². The Morgan fingerprint density at radius 1 is 1.83 bits per heavy atom. The molecule has 0 aliphatic rings. The second-order valence-corrected chi connectivity index (χ2v) is 0.981. The van der Waals surface area contributed by atoms with Crippen molar-refractivity contribution in [2.75, 3.05) is 7.11 Å². The van der Waals surface area contributed by atoms with Gasteiger partial charge in [0.05, 0.1) is 7.11 Å². The number of hydrogen-bond acceptors (Lipinski definition) is 2. The van der Waals surface area contributed by atoms with Crippen LogP contribution in [0.5, 0.6) is 0 Å². The Morgan fingerprint density at radius 3 is 2.33 bits per heavy atom. The van der Waals surface area contributed by atoms with E-state index in [1.54, 1.807) is 14.0 Å². The lowest BCUT2D eigenvalue weighted by Crippen LogP contribution is -1.84. The van der Waals surface area contributed by atoms with Crippen LogP contribution < -0.4 is 5.73 Å². The van der Waals surface area contributed by atoms with Crippen molar-refractivity contribution in [1.29, 1.82) is 0 Å². The van der Waals surface area contributed by atoms with Crippen molar-refractivity contribution in [2.24, 2.45) is 5.73 Å². The molecule has 0 bridgehead atoms. The van der Waals surface area contributed by atoms with Crippen molar-refractivity contribution in [1.82, 2.24) is 0 Å². The molecule has 0 aromatic carbocycles. The van der Waals surface area contributed by atoms with Crippen LogP contribution in [0.2, 0.25) is 0 Å². The minimum atomic E-state index is 0.745. The van der Waals surface area contributed by atoms with Crippen molar-refractivity contribution in [3.8, 4) is 0 Å². The van der Waals surface area contributed by atoms with Gasteiger partial charge in [-0.2, -0.15) is 0 Å². The molecule has 0 saturated heterocycles. The van der Waals surface area contributed by atoms with Gasteiger partial charge >= 0.3 is 0 Å². The lowest BCUT2D eigenvalue weighted by molar-refractivity contribution is 0.292. The third kappa shape index (κ3) is 1.64. The highest BCUT2D eigenvalue weighted by Gasteiger charge is 1.72. The molecule has 6 heavy (non-hydrogen) atoms. The van der Waals surface area contributed by atoms with Crippen LogP contribution in [0.4, 0.5) is 0 Å². The summed E-state index contributed by atoms with van der Waals surface area (Å²) in [6.45, 7) is 1.79. The van der Waals surface area contributed by atoms with Crippen LogP contribution in [-0.4, -0.2) is 7.11 Å². The van der Waals surface area contributed by atoms with Crippen LogP contribution in [-0.2, 0) is 4.74 Å². The van der Waals surface area contributed by atoms with Gasteiger partial charge in [0.2, 0.25) is 0 Å². The molecule has 0 amide bonds. The van der Waals surface area contributed by atoms with Gasteiger partial charge in [0.25, 0.3) is 0 Å². The molecule has 0 radical (unpaired) electrons. The van der Waals surface area contributed by atoms with Crippen LogP contribution in [0.15, 0.2) is 12.0 Å². The summed E-state index contributed by atoms with van der Waals surface area (Å²) in [6, 6.07) is 0. The average Bonchev–Trinajstić information content (AvgIpc) is 1.65. The van der Waals surface area contributed by atoms with Crippen molar-refractivity contribution in [3.63, 3.8) is 0 Å². The van der Waals surface area contributed by atoms with E-state index in [9.17, 15) is 0 Å². The maximum Gasteiger partial charge on any atom is 0.108 e. The van der Waals surface area contributed by atoms with E-state index in [2.05, 4.69) is 4.74 Å². The predicted molar refractivity (Wildman–Crippen MR) is 25.0 cm³/mol. The average molecular weight is 87.1 g/mol. The maximum absolute atomic E-state index is 5.00. The molecule has 0 heterocycles. The number of rotatable bonds is 1. The van der Waals surface area contributed by atoms with Gasteiger partial charge in [-0.15, -0.1) is 0 Å². The molecule has 0 saturated carbocycles. The maximum atomic E-state index is 5.00. The molecule has 0 fully saturated rings. The Balaban J connectivity index is 3.22. The Bertz CT molecular complexity index is 58.6. The van der Waals surface area contributed by atoms with Crippen LogP contribution >= 0.6 is 0 Å². The number of methoxy groups -OCH3 is 1. The molecule has 2 N–H and O–H groups in total. The van der Waals surface area contributed by atoms with Gasteiger partial charge in [0.15, 0.2) is 0 Å². The van der Waals surface area contributed by atoms with Crippen molar-refractivity contribution >= 4 is 0 Å². The fourth-order valence-electron chi connectivity index (χ4n) is 0.0680. The number of nitrogens with two attached hydrogens (primary N) is 1. The predicted octanol–water partition coefficient (Wildman–Crippen LogP) is 0.453. The summed E-state index contributed by atoms with van der Waals surface area (Å²) < 4.78 is 4.64. The first-order chi connectivity index (χ1) is 2.81. The van der Waals surface area contributed by atoms with Crippen LogP contribution in [0.3, 0.4) is 0 Å².